The molecule has 4 heteroatoms. The van der Waals surface area contributed by atoms with E-state index in [1.165, 1.54) is 46.6 Å². The van der Waals surface area contributed by atoms with Crippen molar-refractivity contribution >= 4 is 22.2 Å². The summed E-state index contributed by atoms with van der Waals surface area (Å²) < 4.78 is 0. The third kappa shape index (κ3) is 2.87. The van der Waals surface area contributed by atoms with Gasteiger partial charge in [0.15, 0.2) is 0 Å². The number of nitrogens with one attached hydrogen (secondary N) is 2. The second-order valence-corrected chi connectivity index (χ2v) is 6.19. The van der Waals surface area contributed by atoms with Crippen LogP contribution in [0.15, 0.2) is 0 Å². The van der Waals surface area contributed by atoms with Gasteiger partial charge in [0.1, 0.15) is 11.5 Å². The molecule has 0 atom stereocenters. The Kier molecular flexibility index (Phi) is 3.84. The van der Waals surface area contributed by atoms with Gasteiger partial charge in [-0.2, -0.15) is 0 Å². The van der Waals surface area contributed by atoms with Gasteiger partial charge >= 0.3 is 0 Å². The van der Waals surface area contributed by atoms with Crippen LogP contribution in [0.25, 0.3) is 0 Å². The van der Waals surface area contributed by atoms with Crippen LogP contribution < -0.4 is 10.2 Å². The van der Waals surface area contributed by atoms with Crippen LogP contribution in [0.5, 0.6) is 0 Å². The molecule has 1 aliphatic rings. The van der Waals surface area contributed by atoms with Crippen LogP contribution in [0, 0.1) is 0 Å². The zero-order valence-electron chi connectivity index (χ0n) is 10.9. The highest BCUT2D eigenvalue weighted by atomic mass is 32.1. The van der Waals surface area contributed by atoms with Gasteiger partial charge in [0, 0.05) is 17.4 Å². The van der Waals surface area contributed by atoms with Crippen LogP contribution in [0.1, 0.15) is 35.8 Å². The van der Waals surface area contributed by atoms with E-state index in [2.05, 4.69) is 19.4 Å². The summed E-state index contributed by atoms with van der Waals surface area (Å²) in [5.41, 5.74) is 2.89. The molecule has 0 spiro atoms. The van der Waals surface area contributed by atoms with Gasteiger partial charge in [-0.15, -0.1) is 11.3 Å². The summed E-state index contributed by atoms with van der Waals surface area (Å²) in [5.74, 6) is 0.0404. The summed E-state index contributed by atoms with van der Waals surface area (Å²) in [6.45, 7) is 2.59. The third-order valence-electron chi connectivity index (χ3n) is 3.10. The van der Waals surface area contributed by atoms with E-state index in [0.29, 0.717) is 0 Å². The van der Waals surface area contributed by atoms with Gasteiger partial charge in [-0.3, -0.25) is 4.79 Å². The Morgan fingerprint density at radius 3 is 2.71 bits per heavy atom. The monoisotopic (exact) mass is 253 g/mol. The van der Waals surface area contributed by atoms with E-state index in [9.17, 15) is 4.79 Å². The minimum atomic E-state index is 0.0404. The first kappa shape index (κ1) is 12.6. The van der Waals surface area contributed by atoms with Gasteiger partial charge in [-0.25, -0.2) is 0 Å². The Hall–Kier alpha value is -0.870. The molecule has 1 aliphatic carbocycles. The first-order chi connectivity index (χ1) is 8.08. The molecule has 0 saturated heterocycles. The molecule has 0 aliphatic heterocycles. The van der Waals surface area contributed by atoms with Crippen molar-refractivity contribution in [3.05, 3.63) is 16.0 Å². The molecular weight excluding hydrogens is 232 g/mol. The zero-order valence-corrected chi connectivity index (χ0v) is 11.7. The Bertz CT molecular complexity index is 423. The van der Waals surface area contributed by atoms with Gasteiger partial charge < -0.3 is 10.2 Å². The Balaban J connectivity index is 2.35. The molecule has 2 rings (SSSR count). The van der Waals surface area contributed by atoms with Crippen LogP contribution in [-0.2, 0) is 24.2 Å². The van der Waals surface area contributed by atoms with Gasteiger partial charge in [0.05, 0.1) is 14.1 Å². The van der Waals surface area contributed by atoms with Crippen molar-refractivity contribution in [1.29, 1.82) is 0 Å². The van der Waals surface area contributed by atoms with Crippen LogP contribution in [0.2, 0.25) is 0 Å². The van der Waals surface area contributed by atoms with Gasteiger partial charge in [0.25, 0.3) is 0 Å². The lowest BCUT2D eigenvalue weighted by Crippen LogP contribution is -3.04. The number of carbonyl (C=O) groups is 1. The second-order valence-electron chi connectivity index (χ2n) is 5.08. The molecule has 0 fully saturated rings. The van der Waals surface area contributed by atoms with Crippen molar-refractivity contribution in [2.75, 3.05) is 19.4 Å². The average Bonchev–Trinajstić information content (AvgIpc) is 2.55. The van der Waals surface area contributed by atoms with E-state index in [-0.39, 0.29) is 5.91 Å². The zero-order chi connectivity index (χ0) is 12.4. The smallest absolute Gasteiger partial charge is 0.221 e. The van der Waals surface area contributed by atoms with Crippen molar-refractivity contribution in [3.63, 3.8) is 0 Å². The number of quaternary nitrogens is 1. The summed E-state index contributed by atoms with van der Waals surface area (Å²) in [4.78, 5) is 14.2. The van der Waals surface area contributed by atoms with E-state index >= 15 is 0 Å². The van der Waals surface area contributed by atoms with Gasteiger partial charge in [-0.1, -0.05) is 0 Å². The van der Waals surface area contributed by atoms with Gasteiger partial charge in [-0.05, 0) is 31.2 Å². The van der Waals surface area contributed by atoms with Crippen LogP contribution in [0.4, 0.5) is 5.00 Å². The lowest BCUT2D eigenvalue weighted by atomic mass is 9.95. The maximum atomic E-state index is 11.3. The lowest BCUT2D eigenvalue weighted by molar-refractivity contribution is -0.872. The predicted molar refractivity (Wildman–Crippen MR) is 71.8 cm³/mol. The standard InChI is InChI=1S/C13H20N2OS/c1-9(16)14-13-11(8-15(2)3)10-6-4-5-7-12(10)17-13/h4-8H2,1-3H3,(H,14,16)/p+1. The lowest BCUT2D eigenvalue weighted by Gasteiger charge is -2.14. The summed E-state index contributed by atoms with van der Waals surface area (Å²) >= 11 is 1.79. The van der Waals surface area contributed by atoms with E-state index in [1.54, 1.807) is 18.3 Å². The average molecular weight is 253 g/mol. The fourth-order valence-electron chi connectivity index (χ4n) is 2.43. The number of carbonyl (C=O) groups excluding carboxylic acids is 1. The predicted octanol–water partition coefficient (Wildman–Crippen LogP) is 1.23. The van der Waals surface area contributed by atoms with Crippen molar-refractivity contribution in [1.82, 2.24) is 0 Å². The number of anilines is 1. The van der Waals surface area contributed by atoms with Gasteiger partial charge in [0.2, 0.25) is 5.91 Å². The fourth-order valence-corrected chi connectivity index (χ4v) is 3.79. The minimum Gasteiger partial charge on any atom is -0.336 e. The molecule has 1 aromatic heterocycles. The quantitative estimate of drug-likeness (QED) is 0.834. The second kappa shape index (κ2) is 5.19. The maximum absolute atomic E-state index is 11.3. The largest absolute Gasteiger partial charge is 0.336 e. The summed E-state index contributed by atoms with van der Waals surface area (Å²) in [7, 11) is 4.31. The van der Waals surface area contributed by atoms with Crippen molar-refractivity contribution in [2.45, 2.75) is 39.2 Å². The molecule has 2 N–H and O–H groups in total. The number of hydrogen-bond donors (Lipinski definition) is 2. The SMILES string of the molecule is CC(=O)Nc1sc2c(c1C[NH+](C)C)CCCC2. The van der Waals surface area contributed by atoms with E-state index in [0.717, 1.165) is 11.5 Å². The number of hydrogen-bond acceptors (Lipinski definition) is 2. The highest BCUT2D eigenvalue weighted by Crippen LogP contribution is 2.37. The molecular formula is C13H21N2OS+. The summed E-state index contributed by atoms with van der Waals surface area (Å²) in [6, 6.07) is 0. The third-order valence-corrected chi connectivity index (χ3v) is 4.35. The van der Waals surface area contributed by atoms with Crippen molar-refractivity contribution in [2.24, 2.45) is 0 Å². The molecule has 94 valence electrons. The molecule has 3 nitrogen and oxygen atoms in total. The van der Waals surface area contributed by atoms with Crippen LogP contribution in [0.3, 0.4) is 0 Å². The molecule has 17 heavy (non-hydrogen) atoms. The first-order valence-electron chi connectivity index (χ1n) is 6.28. The number of amides is 1. The Morgan fingerprint density at radius 2 is 2.06 bits per heavy atom. The summed E-state index contributed by atoms with van der Waals surface area (Å²) in [6.07, 6.45) is 4.96. The molecule has 1 amide bonds. The van der Waals surface area contributed by atoms with Crippen LogP contribution >= 0.6 is 11.3 Å². The molecule has 0 radical (unpaired) electrons. The van der Waals surface area contributed by atoms with Crippen LogP contribution in [-0.4, -0.2) is 20.0 Å². The number of aryl methyl sites for hydroxylation is 1. The molecule has 0 aromatic carbocycles. The van der Waals surface area contributed by atoms with E-state index < -0.39 is 0 Å². The topological polar surface area (TPSA) is 33.5 Å². The molecule has 1 heterocycles. The molecule has 0 saturated carbocycles. The van der Waals surface area contributed by atoms with E-state index in [4.69, 9.17) is 0 Å². The fraction of sp³-hybridized carbons (Fsp3) is 0.615. The minimum absolute atomic E-state index is 0.0404. The highest BCUT2D eigenvalue weighted by Gasteiger charge is 2.22. The normalized spacial score (nSPS) is 14.8. The Labute approximate surface area is 107 Å². The summed E-state index contributed by atoms with van der Waals surface area (Å²) in [5, 5.41) is 4.09. The Morgan fingerprint density at radius 1 is 1.35 bits per heavy atom. The maximum Gasteiger partial charge on any atom is 0.221 e. The van der Waals surface area contributed by atoms with Crippen molar-refractivity contribution < 1.29 is 9.69 Å². The molecule has 1 aromatic rings. The molecule has 0 unspecified atom stereocenters. The highest BCUT2D eigenvalue weighted by molar-refractivity contribution is 7.16. The molecule has 0 bridgehead atoms. The number of fused-ring (bicyclic) bond motifs is 1. The first-order valence-corrected chi connectivity index (χ1v) is 7.09. The van der Waals surface area contributed by atoms with E-state index in [1.807, 2.05) is 0 Å². The number of rotatable bonds is 3. The number of thiophene rings is 1. The van der Waals surface area contributed by atoms with Crippen molar-refractivity contribution in [3.8, 4) is 0 Å².